The Labute approximate surface area is 132 Å². The topological polar surface area (TPSA) is 90.3 Å². The van der Waals surface area contributed by atoms with Gasteiger partial charge >= 0.3 is 0 Å². The molecular weight excluding hydrogens is 296 g/mol. The van der Waals surface area contributed by atoms with E-state index in [0.29, 0.717) is 5.25 Å². The van der Waals surface area contributed by atoms with Crippen LogP contribution in [0, 0.1) is 22.7 Å². The summed E-state index contributed by atoms with van der Waals surface area (Å²) < 4.78 is 2.11. The molecule has 0 amide bonds. The van der Waals surface area contributed by atoms with Crippen LogP contribution in [0.4, 0.5) is 5.69 Å². The summed E-state index contributed by atoms with van der Waals surface area (Å²) in [5, 5.41) is 30.3. The monoisotopic (exact) mass is 308 g/mol. The van der Waals surface area contributed by atoms with Crippen LogP contribution in [0.5, 0.6) is 0 Å². The highest BCUT2D eigenvalue weighted by Crippen LogP contribution is 2.34. The van der Waals surface area contributed by atoms with Crippen molar-refractivity contribution in [3.8, 4) is 23.5 Å². The van der Waals surface area contributed by atoms with Gasteiger partial charge in [0.25, 0.3) is 0 Å². The third-order valence-electron chi connectivity index (χ3n) is 3.21. The molecule has 1 aromatic heterocycles. The van der Waals surface area contributed by atoms with Crippen molar-refractivity contribution >= 4 is 17.4 Å². The molecule has 1 aliphatic heterocycles. The molecule has 3 rings (SSSR count). The van der Waals surface area contributed by atoms with Crippen molar-refractivity contribution < 1.29 is 0 Å². The minimum Gasteiger partial charge on any atom is -0.360 e. The summed E-state index contributed by atoms with van der Waals surface area (Å²) in [4.78, 5) is 0. The molecule has 2 heterocycles. The number of benzene rings is 1. The quantitative estimate of drug-likeness (QED) is 0.877. The fraction of sp³-hybridized carbons (Fsp3) is 0.200. The highest BCUT2D eigenvalue weighted by molar-refractivity contribution is 7.99. The first kappa shape index (κ1) is 14.2. The van der Waals surface area contributed by atoms with Crippen LogP contribution in [-0.2, 0) is 6.54 Å². The standard InChI is InChI=1S/C15H12N6S/c1-10-9-21-14(19-20-15(21)22-10)12-3-2-4-13(5-12)18-8-11(6-16)7-17/h2-5,8,10,18H,9H2,1H3. The second kappa shape index (κ2) is 5.92. The number of hydrogen-bond acceptors (Lipinski definition) is 6. The number of nitriles is 2. The molecule has 1 unspecified atom stereocenters. The predicted molar refractivity (Wildman–Crippen MR) is 83.7 cm³/mol. The van der Waals surface area contributed by atoms with Gasteiger partial charge in [-0.25, -0.2) is 0 Å². The molecule has 0 fully saturated rings. The summed E-state index contributed by atoms with van der Waals surface area (Å²) in [6, 6.07) is 11.3. The molecule has 1 atom stereocenters. The van der Waals surface area contributed by atoms with Gasteiger partial charge in [0.1, 0.15) is 17.7 Å². The average molecular weight is 308 g/mol. The molecule has 7 heteroatoms. The second-order valence-corrected chi connectivity index (χ2v) is 6.26. The van der Waals surface area contributed by atoms with E-state index in [9.17, 15) is 0 Å². The highest BCUT2D eigenvalue weighted by Gasteiger charge is 2.24. The first-order valence-electron chi connectivity index (χ1n) is 6.68. The number of rotatable bonds is 3. The molecule has 108 valence electrons. The van der Waals surface area contributed by atoms with E-state index in [2.05, 4.69) is 27.0 Å². The Kier molecular flexibility index (Phi) is 3.82. The third-order valence-corrected chi connectivity index (χ3v) is 4.27. The van der Waals surface area contributed by atoms with Crippen molar-refractivity contribution in [2.24, 2.45) is 0 Å². The summed E-state index contributed by atoms with van der Waals surface area (Å²) in [6.45, 7) is 3.06. The maximum absolute atomic E-state index is 8.73. The van der Waals surface area contributed by atoms with Crippen molar-refractivity contribution in [1.29, 1.82) is 10.5 Å². The van der Waals surface area contributed by atoms with Crippen molar-refractivity contribution in [2.75, 3.05) is 5.32 Å². The zero-order valence-corrected chi connectivity index (χ0v) is 12.6. The summed E-state index contributed by atoms with van der Waals surface area (Å²) in [5.74, 6) is 0.834. The minimum absolute atomic E-state index is 0.0268. The zero-order chi connectivity index (χ0) is 15.5. The Bertz CT molecular complexity index is 807. The molecule has 6 nitrogen and oxygen atoms in total. The molecule has 0 aliphatic carbocycles. The van der Waals surface area contributed by atoms with Crippen molar-refractivity contribution in [3.05, 3.63) is 36.0 Å². The fourth-order valence-electron chi connectivity index (χ4n) is 2.22. The molecular formula is C15H12N6S. The van der Waals surface area contributed by atoms with E-state index in [4.69, 9.17) is 10.5 Å². The van der Waals surface area contributed by atoms with Crippen molar-refractivity contribution in [3.63, 3.8) is 0 Å². The van der Waals surface area contributed by atoms with Gasteiger partial charge in [-0.05, 0) is 12.1 Å². The lowest BCUT2D eigenvalue weighted by molar-refractivity contribution is 0.675. The van der Waals surface area contributed by atoms with Crippen molar-refractivity contribution in [1.82, 2.24) is 14.8 Å². The average Bonchev–Trinajstić information content (AvgIpc) is 3.07. The number of aromatic nitrogens is 3. The third kappa shape index (κ3) is 2.67. The Balaban J connectivity index is 1.89. The minimum atomic E-state index is 0.0268. The first-order chi connectivity index (χ1) is 10.7. The molecule has 1 aromatic carbocycles. The number of allylic oxidation sites excluding steroid dienone is 1. The van der Waals surface area contributed by atoms with Crippen LogP contribution in [-0.4, -0.2) is 20.0 Å². The number of nitrogens with zero attached hydrogens (tertiary/aromatic N) is 5. The normalized spacial score (nSPS) is 15.5. The molecule has 1 aliphatic rings. The van der Waals surface area contributed by atoms with Gasteiger partial charge in [-0.15, -0.1) is 10.2 Å². The summed E-state index contributed by atoms with van der Waals surface area (Å²) >= 11 is 1.72. The van der Waals surface area contributed by atoms with Gasteiger partial charge in [-0.1, -0.05) is 30.8 Å². The van der Waals surface area contributed by atoms with Gasteiger partial charge in [0.2, 0.25) is 0 Å². The van der Waals surface area contributed by atoms with E-state index < -0.39 is 0 Å². The van der Waals surface area contributed by atoms with Crippen LogP contribution < -0.4 is 5.32 Å². The predicted octanol–water partition coefficient (Wildman–Crippen LogP) is 2.78. The van der Waals surface area contributed by atoms with E-state index in [1.54, 1.807) is 11.8 Å². The number of hydrogen-bond donors (Lipinski definition) is 1. The van der Waals surface area contributed by atoms with Gasteiger partial charge in [-0.3, -0.25) is 0 Å². The zero-order valence-electron chi connectivity index (χ0n) is 11.8. The number of thioether (sulfide) groups is 1. The summed E-state index contributed by atoms with van der Waals surface area (Å²) in [6.07, 6.45) is 1.39. The van der Waals surface area contributed by atoms with Crippen LogP contribution >= 0.6 is 11.8 Å². The van der Waals surface area contributed by atoms with Gasteiger partial charge in [0.05, 0.1) is 0 Å². The Hall–Kier alpha value is -2.77. The van der Waals surface area contributed by atoms with Crippen LogP contribution in [0.2, 0.25) is 0 Å². The lowest BCUT2D eigenvalue weighted by atomic mass is 10.2. The Morgan fingerprint density at radius 2 is 2.23 bits per heavy atom. The van der Waals surface area contributed by atoms with E-state index in [-0.39, 0.29) is 5.57 Å². The molecule has 22 heavy (non-hydrogen) atoms. The Morgan fingerprint density at radius 3 is 3.00 bits per heavy atom. The van der Waals surface area contributed by atoms with Gasteiger partial charge < -0.3 is 9.88 Å². The van der Waals surface area contributed by atoms with Crippen LogP contribution in [0.3, 0.4) is 0 Å². The molecule has 0 radical (unpaired) electrons. The lowest BCUT2D eigenvalue weighted by Gasteiger charge is -2.06. The van der Waals surface area contributed by atoms with Gasteiger partial charge in [0, 0.05) is 29.2 Å². The van der Waals surface area contributed by atoms with E-state index in [1.807, 2.05) is 36.4 Å². The van der Waals surface area contributed by atoms with Gasteiger partial charge in [-0.2, -0.15) is 10.5 Å². The van der Waals surface area contributed by atoms with Crippen LogP contribution in [0.15, 0.2) is 41.2 Å². The molecule has 0 bridgehead atoms. The maximum atomic E-state index is 8.73. The largest absolute Gasteiger partial charge is 0.360 e. The van der Waals surface area contributed by atoms with E-state index >= 15 is 0 Å². The fourth-order valence-corrected chi connectivity index (χ4v) is 3.18. The number of fused-ring (bicyclic) bond motifs is 1. The van der Waals surface area contributed by atoms with Crippen molar-refractivity contribution in [2.45, 2.75) is 23.9 Å². The number of anilines is 1. The summed E-state index contributed by atoms with van der Waals surface area (Å²) in [5.41, 5.74) is 1.76. The van der Waals surface area contributed by atoms with E-state index in [0.717, 1.165) is 28.8 Å². The second-order valence-electron chi connectivity index (χ2n) is 4.85. The Morgan fingerprint density at radius 1 is 1.41 bits per heavy atom. The van der Waals surface area contributed by atoms with E-state index in [1.165, 1.54) is 6.20 Å². The molecule has 0 spiro atoms. The van der Waals surface area contributed by atoms with Gasteiger partial charge in [0.15, 0.2) is 11.0 Å². The van der Waals surface area contributed by atoms with Crippen LogP contribution in [0.1, 0.15) is 6.92 Å². The molecule has 0 saturated carbocycles. The summed E-state index contributed by atoms with van der Waals surface area (Å²) in [7, 11) is 0. The number of nitrogens with one attached hydrogen (secondary N) is 1. The SMILES string of the molecule is CC1Cn2c(nnc2-c2cccc(NC=C(C#N)C#N)c2)S1. The lowest BCUT2D eigenvalue weighted by Crippen LogP contribution is -2.03. The maximum Gasteiger partial charge on any atom is 0.191 e. The first-order valence-corrected chi connectivity index (χ1v) is 7.56. The molecule has 0 saturated heterocycles. The van der Waals surface area contributed by atoms with Crippen LogP contribution in [0.25, 0.3) is 11.4 Å². The molecule has 2 aromatic rings. The smallest absolute Gasteiger partial charge is 0.191 e. The highest BCUT2D eigenvalue weighted by atomic mass is 32.2. The molecule has 1 N–H and O–H groups in total.